The van der Waals surface area contributed by atoms with Crippen molar-refractivity contribution >= 4 is 10.0 Å². The van der Waals surface area contributed by atoms with Gasteiger partial charge in [-0.1, -0.05) is 0 Å². The van der Waals surface area contributed by atoms with Crippen molar-refractivity contribution in [1.82, 2.24) is 5.32 Å². The molecule has 0 aromatic carbocycles. The minimum atomic E-state index is -3.32. The maximum absolute atomic E-state index is 10.7. The standard InChI is InChI=1S/C11H20N2O3S/c1-10(5-6-11-4-2-8-16-11)13-7-3-9-17(12,14)15/h2,4,8,10,13H,3,5-7,9H2,1H3,(H2,12,14,15). The average Bonchev–Trinajstić information content (AvgIpc) is 2.73. The van der Waals surface area contributed by atoms with E-state index < -0.39 is 10.0 Å². The fourth-order valence-corrected chi connectivity index (χ4v) is 2.08. The Labute approximate surface area is 102 Å². The van der Waals surface area contributed by atoms with Gasteiger partial charge in [0.15, 0.2) is 0 Å². The van der Waals surface area contributed by atoms with Gasteiger partial charge in [0.1, 0.15) is 5.76 Å². The molecule has 0 saturated carbocycles. The summed E-state index contributed by atoms with van der Waals surface area (Å²) < 4.78 is 26.6. The molecule has 17 heavy (non-hydrogen) atoms. The molecule has 3 N–H and O–H groups in total. The molecule has 0 fully saturated rings. The number of hydrogen-bond acceptors (Lipinski definition) is 4. The van der Waals surface area contributed by atoms with Crippen molar-refractivity contribution in [3.05, 3.63) is 24.2 Å². The second-order valence-electron chi connectivity index (χ2n) is 4.19. The van der Waals surface area contributed by atoms with E-state index in [-0.39, 0.29) is 5.75 Å². The third kappa shape index (κ3) is 7.14. The van der Waals surface area contributed by atoms with Crippen LogP contribution in [0.1, 0.15) is 25.5 Å². The van der Waals surface area contributed by atoms with Gasteiger partial charge in [0.05, 0.1) is 12.0 Å². The zero-order chi connectivity index (χ0) is 12.7. The molecule has 0 saturated heterocycles. The van der Waals surface area contributed by atoms with Crippen molar-refractivity contribution < 1.29 is 12.8 Å². The van der Waals surface area contributed by atoms with Crippen LogP contribution in [-0.2, 0) is 16.4 Å². The third-order valence-electron chi connectivity index (χ3n) is 2.50. The number of sulfonamides is 1. The molecule has 1 unspecified atom stereocenters. The highest BCUT2D eigenvalue weighted by Crippen LogP contribution is 2.05. The molecule has 0 aliphatic heterocycles. The molecule has 0 bridgehead atoms. The van der Waals surface area contributed by atoms with E-state index in [1.165, 1.54) is 0 Å². The number of hydrogen-bond donors (Lipinski definition) is 2. The van der Waals surface area contributed by atoms with Gasteiger partial charge in [-0.2, -0.15) is 0 Å². The Kier molecular flexibility index (Phi) is 5.67. The summed E-state index contributed by atoms with van der Waals surface area (Å²) in [6.45, 7) is 2.73. The number of aryl methyl sites for hydroxylation is 1. The topological polar surface area (TPSA) is 85.3 Å². The van der Waals surface area contributed by atoms with Gasteiger partial charge in [-0.15, -0.1) is 0 Å². The van der Waals surface area contributed by atoms with Gasteiger partial charge in [-0.3, -0.25) is 0 Å². The monoisotopic (exact) mass is 260 g/mol. The van der Waals surface area contributed by atoms with E-state index in [1.807, 2.05) is 12.1 Å². The number of nitrogens with two attached hydrogens (primary N) is 1. The Bertz CT molecular complexity index is 400. The van der Waals surface area contributed by atoms with Crippen molar-refractivity contribution in [2.45, 2.75) is 32.2 Å². The average molecular weight is 260 g/mol. The van der Waals surface area contributed by atoms with Crippen molar-refractivity contribution in [1.29, 1.82) is 0 Å². The molecular formula is C11H20N2O3S. The molecule has 1 aromatic rings. The van der Waals surface area contributed by atoms with Crippen LogP contribution in [0.4, 0.5) is 0 Å². The number of furan rings is 1. The van der Waals surface area contributed by atoms with E-state index in [0.29, 0.717) is 19.0 Å². The van der Waals surface area contributed by atoms with Gasteiger partial charge in [0.25, 0.3) is 0 Å². The van der Waals surface area contributed by atoms with Crippen molar-refractivity contribution in [2.24, 2.45) is 5.14 Å². The molecule has 1 rings (SSSR count). The van der Waals surface area contributed by atoms with Crippen LogP contribution < -0.4 is 10.5 Å². The molecule has 0 aliphatic rings. The lowest BCUT2D eigenvalue weighted by molar-refractivity contribution is 0.460. The quantitative estimate of drug-likeness (QED) is 0.679. The second kappa shape index (κ2) is 6.78. The summed E-state index contributed by atoms with van der Waals surface area (Å²) in [5.41, 5.74) is 0. The van der Waals surface area contributed by atoms with Crippen molar-refractivity contribution in [3.8, 4) is 0 Å². The van der Waals surface area contributed by atoms with Gasteiger partial charge >= 0.3 is 0 Å². The zero-order valence-corrected chi connectivity index (χ0v) is 10.9. The van der Waals surface area contributed by atoms with Crippen LogP contribution in [0, 0.1) is 0 Å². The van der Waals surface area contributed by atoms with E-state index in [4.69, 9.17) is 9.56 Å². The molecule has 0 spiro atoms. The van der Waals surface area contributed by atoms with Gasteiger partial charge in [0.2, 0.25) is 10.0 Å². The molecule has 98 valence electrons. The minimum Gasteiger partial charge on any atom is -0.469 e. The smallest absolute Gasteiger partial charge is 0.209 e. The number of nitrogens with one attached hydrogen (secondary N) is 1. The predicted molar refractivity (Wildman–Crippen MR) is 67.1 cm³/mol. The molecule has 0 radical (unpaired) electrons. The summed E-state index contributed by atoms with van der Waals surface area (Å²) in [5.74, 6) is 1.01. The first kappa shape index (κ1) is 14.2. The first-order valence-electron chi connectivity index (χ1n) is 5.73. The summed E-state index contributed by atoms with van der Waals surface area (Å²) in [5, 5.41) is 8.16. The third-order valence-corrected chi connectivity index (χ3v) is 3.36. The van der Waals surface area contributed by atoms with Crippen LogP contribution in [0.5, 0.6) is 0 Å². The fourth-order valence-electron chi connectivity index (χ4n) is 1.54. The Hall–Kier alpha value is -0.850. The summed E-state index contributed by atoms with van der Waals surface area (Å²) in [6.07, 6.45) is 4.06. The molecular weight excluding hydrogens is 240 g/mol. The minimum absolute atomic E-state index is 0.0326. The number of primary sulfonamides is 1. The van der Waals surface area contributed by atoms with Crippen LogP contribution in [0.3, 0.4) is 0 Å². The highest BCUT2D eigenvalue weighted by molar-refractivity contribution is 7.89. The maximum atomic E-state index is 10.7. The largest absolute Gasteiger partial charge is 0.469 e. The first-order chi connectivity index (χ1) is 7.97. The van der Waals surface area contributed by atoms with Crippen molar-refractivity contribution in [3.63, 3.8) is 0 Å². The SMILES string of the molecule is CC(CCc1ccco1)NCCCS(N)(=O)=O. The predicted octanol–water partition coefficient (Wildman–Crippen LogP) is 0.869. The molecule has 0 aliphatic carbocycles. The molecule has 0 amide bonds. The van der Waals surface area contributed by atoms with Gasteiger partial charge in [0, 0.05) is 12.5 Å². The van der Waals surface area contributed by atoms with Crippen molar-refractivity contribution in [2.75, 3.05) is 12.3 Å². The van der Waals surface area contributed by atoms with E-state index >= 15 is 0 Å². The lowest BCUT2D eigenvalue weighted by atomic mass is 10.1. The highest BCUT2D eigenvalue weighted by Gasteiger charge is 2.05. The Morgan fingerprint density at radius 2 is 2.29 bits per heavy atom. The van der Waals surface area contributed by atoms with Crippen LogP contribution in [0.15, 0.2) is 22.8 Å². The molecule has 1 atom stereocenters. The number of rotatable bonds is 8. The Balaban J connectivity index is 2.07. The summed E-state index contributed by atoms with van der Waals surface area (Å²) in [4.78, 5) is 0. The zero-order valence-electron chi connectivity index (χ0n) is 10.1. The van der Waals surface area contributed by atoms with Crippen LogP contribution in [-0.4, -0.2) is 26.8 Å². The second-order valence-corrected chi connectivity index (χ2v) is 5.93. The van der Waals surface area contributed by atoms with E-state index in [0.717, 1.165) is 18.6 Å². The van der Waals surface area contributed by atoms with E-state index in [2.05, 4.69) is 12.2 Å². The maximum Gasteiger partial charge on any atom is 0.209 e. The van der Waals surface area contributed by atoms with Crippen LogP contribution in [0.25, 0.3) is 0 Å². The van der Waals surface area contributed by atoms with Crippen LogP contribution in [0.2, 0.25) is 0 Å². The summed E-state index contributed by atoms with van der Waals surface area (Å²) in [7, 11) is -3.32. The highest BCUT2D eigenvalue weighted by atomic mass is 32.2. The molecule has 1 heterocycles. The van der Waals surface area contributed by atoms with Gasteiger partial charge in [-0.25, -0.2) is 13.6 Å². The molecule has 6 heteroatoms. The lowest BCUT2D eigenvalue weighted by Crippen LogP contribution is -2.29. The van der Waals surface area contributed by atoms with Gasteiger partial charge < -0.3 is 9.73 Å². The summed E-state index contributed by atoms with van der Waals surface area (Å²) >= 11 is 0. The first-order valence-corrected chi connectivity index (χ1v) is 7.45. The lowest BCUT2D eigenvalue weighted by Gasteiger charge is -2.12. The Morgan fingerprint density at radius 3 is 2.88 bits per heavy atom. The van der Waals surface area contributed by atoms with E-state index in [1.54, 1.807) is 6.26 Å². The summed E-state index contributed by atoms with van der Waals surface area (Å²) in [6, 6.07) is 4.16. The molecule has 5 nitrogen and oxygen atoms in total. The van der Waals surface area contributed by atoms with E-state index in [9.17, 15) is 8.42 Å². The normalized spacial score (nSPS) is 13.8. The fraction of sp³-hybridized carbons (Fsp3) is 0.636. The Morgan fingerprint density at radius 1 is 1.53 bits per heavy atom. The van der Waals surface area contributed by atoms with Gasteiger partial charge in [-0.05, 0) is 38.4 Å². The van der Waals surface area contributed by atoms with Crippen LogP contribution >= 0.6 is 0 Å². The molecule has 1 aromatic heterocycles.